The van der Waals surface area contributed by atoms with E-state index >= 15 is 0 Å². The quantitative estimate of drug-likeness (QED) is 0.305. The molecule has 1 aliphatic heterocycles. The minimum atomic E-state index is -0.200. The van der Waals surface area contributed by atoms with Crippen LogP contribution in [0.2, 0.25) is 0 Å². The summed E-state index contributed by atoms with van der Waals surface area (Å²) in [5.74, 6) is 1.20. The molecular formula is C30H30N6O3S. The molecule has 1 atom stereocenters. The Hall–Kier alpha value is -4.44. The van der Waals surface area contributed by atoms with Crippen molar-refractivity contribution in [2.45, 2.75) is 31.1 Å². The Balaban J connectivity index is 1.27. The maximum Gasteiger partial charge on any atom is 0.253 e. The highest BCUT2D eigenvalue weighted by Gasteiger charge is 2.33. The van der Waals surface area contributed by atoms with Crippen molar-refractivity contribution in [3.63, 3.8) is 0 Å². The molecular weight excluding hydrogens is 524 g/mol. The van der Waals surface area contributed by atoms with Crippen molar-refractivity contribution in [1.82, 2.24) is 25.1 Å². The van der Waals surface area contributed by atoms with Crippen LogP contribution < -0.4 is 10.1 Å². The van der Waals surface area contributed by atoms with Crippen LogP contribution in [-0.2, 0) is 18.4 Å². The third kappa shape index (κ3) is 6.07. The number of nitrogens with zero attached hydrogens (tertiary/aromatic N) is 5. The molecule has 5 rings (SSSR count). The molecule has 40 heavy (non-hydrogen) atoms. The number of methoxy groups -OCH3 is 1. The van der Waals surface area contributed by atoms with Crippen molar-refractivity contribution in [2.24, 2.45) is 12.1 Å². The number of hydrazone groups is 1. The molecule has 0 bridgehead atoms. The van der Waals surface area contributed by atoms with Gasteiger partial charge in [-0.1, -0.05) is 59.8 Å². The molecule has 3 aromatic carbocycles. The molecule has 1 N–H and O–H groups in total. The average molecular weight is 555 g/mol. The lowest BCUT2D eigenvalue weighted by Gasteiger charge is -2.22. The molecule has 4 aromatic rings. The van der Waals surface area contributed by atoms with E-state index in [2.05, 4.69) is 39.8 Å². The Labute approximate surface area is 237 Å². The largest absolute Gasteiger partial charge is 0.497 e. The molecule has 0 saturated carbocycles. The van der Waals surface area contributed by atoms with Gasteiger partial charge in [0.1, 0.15) is 5.75 Å². The van der Waals surface area contributed by atoms with Crippen molar-refractivity contribution in [1.29, 1.82) is 0 Å². The topological polar surface area (TPSA) is 102 Å². The Morgan fingerprint density at radius 1 is 1.00 bits per heavy atom. The SMILES string of the molecule is COc1ccc(C2=NN(C(=O)CSc3nnc(CNC(=O)c4ccccc4)n3C)C(c3ccc(C)cc3)C2)cc1. The lowest BCUT2D eigenvalue weighted by molar-refractivity contribution is -0.130. The summed E-state index contributed by atoms with van der Waals surface area (Å²) >= 11 is 1.29. The van der Waals surface area contributed by atoms with Crippen LogP contribution in [-0.4, -0.2) is 50.2 Å². The predicted octanol–water partition coefficient (Wildman–Crippen LogP) is 4.53. The maximum atomic E-state index is 13.5. The maximum absolute atomic E-state index is 13.5. The van der Waals surface area contributed by atoms with Crippen molar-refractivity contribution < 1.29 is 14.3 Å². The number of thioether (sulfide) groups is 1. The van der Waals surface area contributed by atoms with Gasteiger partial charge in [-0.05, 0) is 54.4 Å². The lowest BCUT2D eigenvalue weighted by Crippen LogP contribution is -2.28. The summed E-state index contributed by atoms with van der Waals surface area (Å²) in [4.78, 5) is 25.9. The average Bonchev–Trinajstić information content (AvgIpc) is 3.59. The summed E-state index contributed by atoms with van der Waals surface area (Å²) in [7, 11) is 3.45. The number of nitrogens with one attached hydrogen (secondary N) is 1. The standard InChI is InChI=1S/C30H30N6O3S/c1-20-9-11-22(12-10-20)26-17-25(21-13-15-24(39-3)16-14-21)34-36(26)28(37)19-40-30-33-32-27(35(30)2)18-31-29(38)23-7-5-4-6-8-23/h4-16,26H,17-19H2,1-3H3,(H,31,38). The Bertz CT molecular complexity index is 1520. The second kappa shape index (κ2) is 12.2. The fourth-order valence-electron chi connectivity index (χ4n) is 4.41. The van der Waals surface area contributed by atoms with E-state index in [-0.39, 0.29) is 30.2 Å². The number of rotatable bonds is 9. The first-order chi connectivity index (χ1) is 19.4. The molecule has 0 fully saturated rings. The van der Waals surface area contributed by atoms with E-state index < -0.39 is 0 Å². The fraction of sp³-hybridized carbons (Fsp3) is 0.233. The van der Waals surface area contributed by atoms with Gasteiger partial charge in [-0.15, -0.1) is 10.2 Å². The number of benzene rings is 3. The Morgan fingerprint density at radius 3 is 2.42 bits per heavy atom. The minimum Gasteiger partial charge on any atom is -0.497 e. The number of aromatic nitrogens is 3. The van der Waals surface area contributed by atoms with Crippen LogP contribution in [0.15, 0.2) is 89.1 Å². The van der Waals surface area contributed by atoms with Gasteiger partial charge in [0.2, 0.25) is 0 Å². The lowest BCUT2D eigenvalue weighted by atomic mass is 9.97. The van der Waals surface area contributed by atoms with E-state index in [1.807, 2.05) is 56.4 Å². The van der Waals surface area contributed by atoms with E-state index in [4.69, 9.17) is 9.84 Å². The van der Waals surface area contributed by atoms with Gasteiger partial charge in [-0.2, -0.15) is 5.10 Å². The van der Waals surface area contributed by atoms with E-state index in [1.54, 1.807) is 28.8 Å². The van der Waals surface area contributed by atoms with Crippen LogP contribution in [0.3, 0.4) is 0 Å². The second-order valence-corrected chi connectivity index (χ2v) is 10.4. The van der Waals surface area contributed by atoms with Gasteiger partial charge >= 0.3 is 0 Å². The first-order valence-corrected chi connectivity index (χ1v) is 13.9. The predicted molar refractivity (Wildman–Crippen MR) is 154 cm³/mol. The van der Waals surface area contributed by atoms with Crippen LogP contribution >= 0.6 is 11.8 Å². The molecule has 1 aliphatic rings. The molecule has 9 nitrogen and oxygen atoms in total. The van der Waals surface area contributed by atoms with Crippen LogP contribution in [0.1, 0.15) is 45.3 Å². The van der Waals surface area contributed by atoms with Crippen molar-refractivity contribution in [3.05, 3.63) is 107 Å². The first kappa shape index (κ1) is 27.1. The molecule has 0 radical (unpaired) electrons. The third-order valence-corrected chi connectivity index (χ3v) is 7.75. The first-order valence-electron chi connectivity index (χ1n) is 12.9. The molecule has 0 saturated heterocycles. The minimum absolute atomic E-state index is 0.124. The third-order valence-electron chi connectivity index (χ3n) is 6.74. The smallest absolute Gasteiger partial charge is 0.253 e. The number of ether oxygens (including phenoxy) is 1. The van der Waals surface area contributed by atoms with Gasteiger partial charge in [0.05, 0.1) is 31.2 Å². The summed E-state index contributed by atoms with van der Waals surface area (Å²) in [5.41, 5.74) is 4.57. The Morgan fingerprint density at radius 2 is 1.73 bits per heavy atom. The number of hydrogen-bond acceptors (Lipinski definition) is 7. The molecule has 1 aromatic heterocycles. The molecule has 2 heterocycles. The molecule has 0 aliphatic carbocycles. The van der Waals surface area contributed by atoms with Gasteiger partial charge < -0.3 is 14.6 Å². The summed E-state index contributed by atoms with van der Waals surface area (Å²) < 4.78 is 7.07. The van der Waals surface area contributed by atoms with Crippen LogP contribution in [0.4, 0.5) is 0 Å². The van der Waals surface area contributed by atoms with Gasteiger partial charge in [-0.25, -0.2) is 5.01 Å². The fourth-order valence-corrected chi connectivity index (χ4v) is 5.20. The zero-order chi connectivity index (χ0) is 28.1. The number of hydrogen-bond donors (Lipinski definition) is 1. The van der Waals surface area contributed by atoms with Gasteiger partial charge in [0.25, 0.3) is 11.8 Å². The molecule has 0 spiro atoms. The zero-order valence-electron chi connectivity index (χ0n) is 22.6. The zero-order valence-corrected chi connectivity index (χ0v) is 23.4. The molecule has 2 amide bonds. The number of carbonyl (C=O) groups is 2. The van der Waals surface area contributed by atoms with Gasteiger partial charge in [-0.3, -0.25) is 9.59 Å². The Kier molecular flexibility index (Phi) is 8.26. The van der Waals surface area contributed by atoms with E-state index in [0.29, 0.717) is 23.0 Å². The highest BCUT2D eigenvalue weighted by molar-refractivity contribution is 7.99. The van der Waals surface area contributed by atoms with Crippen LogP contribution in [0.5, 0.6) is 5.75 Å². The van der Waals surface area contributed by atoms with Crippen LogP contribution in [0.25, 0.3) is 0 Å². The number of aryl methyl sites for hydroxylation is 1. The molecule has 10 heteroatoms. The second-order valence-electron chi connectivity index (χ2n) is 9.44. The molecule has 1 unspecified atom stereocenters. The summed E-state index contributed by atoms with van der Waals surface area (Å²) in [6, 6.07) is 24.7. The van der Waals surface area contributed by atoms with Crippen LogP contribution in [0, 0.1) is 6.92 Å². The van der Waals surface area contributed by atoms with Crippen molar-refractivity contribution in [2.75, 3.05) is 12.9 Å². The molecule has 204 valence electrons. The van der Waals surface area contributed by atoms with Gasteiger partial charge in [0, 0.05) is 19.0 Å². The number of carbonyl (C=O) groups excluding carboxylic acids is 2. The van der Waals surface area contributed by atoms with Crippen molar-refractivity contribution in [3.8, 4) is 5.75 Å². The normalized spacial score (nSPS) is 14.6. The van der Waals surface area contributed by atoms with Crippen molar-refractivity contribution >= 4 is 29.3 Å². The summed E-state index contributed by atoms with van der Waals surface area (Å²) in [5, 5.41) is 18.3. The number of amides is 2. The summed E-state index contributed by atoms with van der Waals surface area (Å²) in [6.45, 7) is 2.27. The van der Waals surface area contributed by atoms with E-state index in [0.717, 1.165) is 28.2 Å². The van der Waals surface area contributed by atoms with E-state index in [1.165, 1.54) is 11.8 Å². The highest BCUT2D eigenvalue weighted by atomic mass is 32.2. The van der Waals surface area contributed by atoms with E-state index in [9.17, 15) is 9.59 Å². The van der Waals surface area contributed by atoms with Gasteiger partial charge in [0.15, 0.2) is 11.0 Å². The summed E-state index contributed by atoms with van der Waals surface area (Å²) in [6.07, 6.45) is 0.612. The monoisotopic (exact) mass is 554 g/mol. The highest BCUT2D eigenvalue weighted by Crippen LogP contribution is 2.34.